The Kier molecular flexibility index (Phi) is 7.97. The van der Waals surface area contributed by atoms with Crippen molar-refractivity contribution < 1.29 is 22.8 Å². The smallest absolute Gasteiger partial charge is 0.271 e. The molecular weight excluding hydrogens is 368 g/mol. The van der Waals surface area contributed by atoms with E-state index in [0.717, 1.165) is 24.8 Å². The lowest BCUT2D eigenvalue weighted by molar-refractivity contribution is -0.198. The van der Waals surface area contributed by atoms with Gasteiger partial charge in [0.2, 0.25) is 10.0 Å². The number of carbonyl (C=O) groups is 1. The lowest BCUT2D eigenvalue weighted by atomic mass is 10.2. The van der Waals surface area contributed by atoms with Gasteiger partial charge >= 0.3 is 0 Å². The highest BCUT2D eigenvalue weighted by Crippen LogP contribution is 2.22. The van der Waals surface area contributed by atoms with Crippen molar-refractivity contribution in [3.8, 4) is 0 Å². The van der Waals surface area contributed by atoms with Crippen molar-refractivity contribution in [1.29, 1.82) is 0 Å². The van der Waals surface area contributed by atoms with Crippen LogP contribution < -0.4 is 5.48 Å². The van der Waals surface area contributed by atoms with Crippen molar-refractivity contribution in [2.45, 2.75) is 51.2 Å². The zero-order valence-electron chi connectivity index (χ0n) is 16.1. The summed E-state index contributed by atoms with van der Waals surface area (Å²) in [5, 5.41) is 0. The summed E-state index contributed by atoms with van der Waals surface area (Å²) in [6.45, 7) is 6.65. The highest BCUT2D eigenvalue weighted by molar-refractivity contribution is 7.89. The van der Waals surface area contributed by atoms with E-state index in [1.807, 2.05) is 26.8 Å². The third-order valence-electron chi connectivity index (χ3n) is 4.23. The molecule has 0 aromatic heterocycles. The average Bonchev–Trinajstić information content (AvgIpc) is 3.20. The van der Waals surface area contributed by atoms with Crippen LogP contribution >= 0.6 is 0 Å². The topological polar surface area (TPSA) is 84.9 Å². The number of nitrogens with zero attached hydrogens (tertiary/aromatic N) is 1. The van der Waals surface area contributed by atoms with Gasteiger partial charge in [-0.25, -0.2) is 18.7 Å². The molecule has 0 radical (unpaired) electrons. The molecule has 1 unspecified atom stereocenters. The quantitative estimate of drug-likeness (QED) is 0.773. The van der Waals surface area contributed by atoms with Crippen molar-refractivity contribution in [2.24, 2.45) is 0 Å². The first kappa shape index (κ1) is 21.6. The number of hydrogen-bond acceptors (Lipinski definition) is 5. The number of rotatable bonds is 5. The lowest BCUT2D eigenvalue weighted by Crippen LogP contribution is -2.36. The molecular formula is C19H28N2O5S. The Hall–Kier alpha value is -1.74. The standard InChI is InChI=1S/C17H22N2O5S.C2H6/c1-13-5-4-6-15(11-13)25(21,22)19-9-8-14(12-19)17(20)18-24-16-7-2-3-10-23-16;1-2/h4-6,8,11,16H,2-3,7,9-10,12H2,1H3,(H,18,20);1-2H3. The molecule has 1 N–H and O–H groups in total. The van der Waals surface area contributed by atoms with Crippen LogP contribution in [0.3, 0.4) is 0 Å². The van der Waals surface area contributed by atoms with E-state index in [4.69, 9.17) is 9.57 Å². The molecule has 2 aliphatic heterocycles. The monoisotopic (exact) mass is 396 g/mol. The van der Waals surface area contributed by atoms with Gasteiger partial charge in [0.1, 0.15) is 0 Å². The second-order valence-electron chi connectivity index (χ2n) is 6.19. The predicted octanol–water partition coefficient (Wildman–Crippen LogP) is 2.53. The van der Waals surface area contributed by atoms with Crippen LogP contribution in [-0.4, -0.2) is 44.6 Å². The first-order valence-corrected chi connectivity index (χ1v) is 10.7. The van der Waals surface area contributed by atoms with Crippen molar-refractivity contribution in [1.82, 2.24) is 9.79 Å². The largest absolute Gasteiger partial charge is 0.350 e. The van der Waals surface area contributed by atoms with E-state index in [-0.39, 0.29) is 18.0 Å². The minimum atomic E-state index is -3.63. The van der Waals surface area contributed by atoms with Gasteiger partial charge in [-0.1, -0.05) is 32.1 Å². The third kappa shape index (κ3) is 5.62. The number of ether oxygens (including phenoxy) is 1. The Balaban J connectivity index is 0.00000126. The van der Waals surface area contributed by atoms with E-state index in [9.17, 15) is 13.2 Å². The van der Waals surface area contributed by atoms with E-state index in [1.54, 1.807) is 24.3 Å². The highest BCUT2D eigenvalue weighted by Gasteiger charge is 2.30. The van der Waals surface area contributed by atoms with Crippen LogP contribution in [0.25, 0.3) is 0 Å². The minimum Gasteiger partial charge on any atom is -0.350 e. The van der Waals surface area contributed by atoms with Gasteiger partial charge in [0, 0.05) is 31.7 Å². The molecule has 1 amide bonds. The van der Waals surface area contributed by atoms with Crippen molar-refractivity contribution in [2.75, 3.05) is 19.7 Å². The number of hydroxylamine groups is 1. The molecule has 1 saturated heterocycles. The van der Waals surface area contributed by atoms with Crippen LogP contribution in [0.15, 0.2) is 40.8 Å². The summed E-state index contributed by atoms with van der Waals surface area (Å²) >= 11 is 0. The summed E-state index contributed by atoms with van der Waals surface area (Å²) in [4.78, 5) is 17.6. The Morgan fingerprint density at radius 3 is 2.74 bits per heavy atom. The maximum atomic E-state index is 12.7. The van der Waals surface area contributed by atoms with Crippen LogP contribution in [0.4, 0.5) is 0 Å². The molecule has 150 valence electrons. The summed E-state index contributed by atoms with van der Waals surface area (Å²) in [6.07, 6.45) is 3.88. The van der Waals surface area contributed by atoms with Gasteiger partial charge in [-0.15, -0.1) is 0 Å². The first-order chi connectivity index (χ1) is 13.0. The molecule has 2 aliphatic rings. The highest BCUT2D eigenvalue weighted by atomic mass is 32.2. The predicted molar refractivity (Wildman–Crippen MR) is 102 cm³/mol. The van der Waals surface area contributed by atoms with Crippen LogP contribution in [0.2, 0.25) is 0 Å². The fourth-order valence-corrected chi connectivity index (χ4v) is 4.26. The van der Waals surface area contributed by atoms with Crippen LogP contribution in [-0.2, 0) is 24.4 Å². The number of amides is 1. The molecule has 8 heteroatoms. The number of nitrogens with one attached hydrogen (secondary N) is 1. The molecule has 0 aliphatic carbocycles. The molecule has 2 heterocycles. The number of carbonyl (C=O) groups excluding carboxylic acids is 1. The zero-order chi connectivity index (χ0) is 19.9. The molecule has 1 aromatic rings. The molecule has 7 nitrogen and oxygen atoms in total. The molecule has 1 atom stereocenters. The maximum absolute atomic E-state index is 12.7. The van der Waals surface area contributed by atoms with Gasteiger partial charge in [-0.3, -0.25) is 4.79 Å². The van der Waals surface area contributed by atoms with Gasteiger partial charge in [0.15, 0.2) is 6.29 Å². The number of benzene rings is 1. The third-order valence-corrected chi connectivity index (χ3v) is 6.04. The van der Waals surface area contributed by atoms with Crippen molar-refractivity contribution in [3.63, 3.8) is 0 Å². The molecule has 1 aromatic carbocycles. The van der Waals surface area contributed by atoms with Gasteiger partial charge in [-0.2, -0.15) is 4.31 Å². The van der Waals surface area contributed by atoms with Crippen LogP contribution in [0.1, 0.15) is 38.7 Å². The summed E-state index contributed by atoms with van der Waals surface area (Å²) in [5.74, 6) is -0.434. The summed E-state index contributed by atoms with van der Waals surface area (Å²) in [6, 6.07) is 6.73. The lowest BCUT2D eigenvalue weighted by Gasteiger charge is -2.22. The molecule has 0 saturated carbocycles. The van der Waals surface area contributed by atoms with E-state index >= 15 is 0 Å². The Bertz CT molecular complexity index is 770. The van der Waals surface area contributed by atoms with E-state index in [0.29, 0.717) is 12.2 Å². The van der Waals surface area contributed by atoms with Crippen LogP contribution in [0.5, 0.6) is 0 Å². The molecule has 1 fully saturated rings. The number of sulfonamides is 1. The number of hydrogen-bond donors (Lipinski definition) is 1. The van der Waals surface area contributed by atoms with E-state index in [1.165, 1.54) is 4.31 Å². The first-order valence-electron chi connectivity index (χ1n) is 9.30. The maximum Gasteiger partial charge on any atom is 0.271 e. The Morgan fingerprint density at radius 2 is 2.07 bits per heavy atom. The normalized spacial score (nSPS) is 20.4. The average molecular weight is 397 g/mol. The van der Waals surface area contributed by atoms with Crippen molar-refractivity contribution in [3.05, 3.63) is 41.5 Å². The second-order valence-corrected chi connectivity index (χ2v) is 8.13. The van der Waals surface area contributed by atoms with Gasteiger partial charge in [0.25, 0.3) is 5.91 Å². The minimum absolute atomic E-state index is 0.0248. The molecule has 3 rings (SSSR count). The Morgan fingerprint density at radius 1 is 1.30 bits per heavy atom. The van der Waals surface area contributed by atoms with Gasteiger partial charge in [-0.05, 0) is 37.5 Å². The van der Waals surface area contributed by atoms with Gasteiger partial charge < -0.3 is 4.74 Å². The Labute approximate surface area is 161 Å². The van der Waals surface area contributed by atoms with Crippen molar-refractivity contribution >= 4 is 15.9 Å². The molecule has 0 bridgehead atoms. The zero-order valence-corrected chi connectivity index (χ0v) is 16.9. The summed E-state index contributed by atoms with van der Waals surface area (Å²) < 4.78 is 32.0. The second kappa shape index (κ2) is 9.98. The fraction of sp³-hybridized carbons (Fsp3) is 0.526. The summed E-state index contributed by atoms with van der Waals surface area (Å²) in [5.41, 5.74) is 3.60. The van der Waals surface area contributed by atoms with Gasteiger partial charge in [0.05, 0.1) is 4.90 Å². The summed E-state index contributed by atoms with van der Waals surface area (Å²) in [7, 11) is -3.63. The SMILES string of the molecule is CC.Cc1cccc(S(=O)(=O)N2CC=C(C(=O)NOC3CCCCO3)C2)c1. The molecule has 27 heavy (non-hydrogen) atoms. The van der Waals surface area contributed by atoms with E-state index in [2.05, 4.69) is 5.48 Å². The van der Waals surface area contributed by atoms with E-state index < -0.39 is 22.2 Å². The number of aryl methyl sites for hydroxylation is 1. The molecule has 0 spiro atoms. The van der Waals surface area contributed by atoms with Crippen LogP contribution in [0, 0.1) is 6.92 Å². The fourth-order valence-electron chi connectivity index (χ4n) is 2.79.